The molecule has 0 radical (unpaired) electrons. The first kappa shape index (κ1) is 18.1. The van der Waals surface area contributed by atoms with Crippen molar-refractivity contribution in [1.82, 2.24) is 5.32 Å². The number of benzene rings is 1. The van der Waals surface area contributed by atoms with E-state index < -0.39 is 30.2 Å². The molecular formula is C12H12BrF6NO. The van der Waals surface area contributed by atoms with Crippen LogP contribution in [-0.2, 0) is 0 Å². The SMILES string of the molecule is CNC(C)c1ccc(Br)cc1OC(C(F)(F)F)C(F)(F)F. The molecule has 9 heteroatoms. The number of ether oxygens (including phenoxy) is 1. The van der Waals surface area contributed by atoms with Gasteiger partial charge in [0.2, 0.25) is 0 Å². The lowest BCUT2D eigenvalue weighted by atomic mass is 10.1. The summed E-state index contributed by atoms with van der Waals surface area (Å²) in [6.45, 7) is 1.59. The number of nitrogens with one attached hydrogen (secondary N) is 1. The van der Waals surface area contributed by atoms with E-state index >= 15 is 0 Å². The molecule has 120 valence electrons. The van der Waals surface area contributed by atoms with Gasteiger partial charge in [-0.25, -0.2) is 0 Å². The Morgan fingerprint density at radius 2 is 1.62 bits per heavy atom. The second kappa shape index (κ2) is 6.43. The summed E-state index contributed by atoms with van der Waals surface area (Å²) in [6, 6.07) is 3.50. The van der Waals surface area contributed by atoms with Crippen molar-refractivity contribution in [3.63, 3.8) is 0 Å². The van der Waals surface area contributed by atoms with Gasteiger partial charge in [0.15, 0.2) is 0 Å². The lowest BCUT2D eigenvalue weighted by molar-refractivity contribution is -0.300. The number of halogens is 7. The van der Waals surface area contributed by atoms with E-state index in [-0.39, 0.29) is 5.56 Å². The maximum absolute atomic E-state index is 12.5. The van der Waals surface area contributed by atoms with Crippen LogP contribution in [0.4, 0.5) is 26.3 Å². The van der Waals surface area contributed by atoms with Gasteiger partial charge in [-0.15, -0.1) is 0 Å². The van der Waals surface area contributed by atoms with Gasteiger partial charge in [-0.2, -0.15) is 26.3 Å². The van der Waals surface area contributed by atoms with Gasteiger partial charge >= 0.3 is 12.4 Å². The molecule has 1 aromatic rings. The van der Waals surface area contributed by atoms with E-state index in [1.165, 1.54) is 19.2 Å². The molecule has 21 heavy (non-hydrogen) atoms. The number of rotatable bonds is 4. The van der Waals surface area contributed by atoms with Gasteiger partial charge in [0, 0.05) is 16.1 Å². The third-order valence-electron chi connectivity index (χ3n) is 2.71. The minimum absolute atomic E-state index is 0.194. The number of alkyl halides is 6. The summed E-state index contributed by atoms with van der Waals surface area (Å²) in [5.41, 5.74) is 0.194. The Kier molecular flexibility index (Phi) is 5.54. The maximum Gasteiger partial charge on any atom is 0.434 e. The molecule has 0 aromatic heterocycles. The number of hydrogen-bond donors (Lipinski definition) is 1. The van der Waals surface area contributed by atoms with Gasteiger partial charge in [-0.05, 0) is 26.1 Å². The van der Waals surface area contributed by atoms with Crippen molar-refractivity contribution in [3.8, 4) is 5.75 Å². The highest BCUT2D eigenvalue weighted by Gasteiger charge is 2.59. The second-order valence-electron chi connectivity index (χ2n) is 4.27. The highest BCUT2D eigenvalue weighted by Crippen LogP contribution is 2.39. The fourth-order valence-corrected chi connectivity index (χ4v) is 1.91. The molecule has 1 aromatic carbocycles. The van der Waals surface area contributed by atoms with Crippen molar-refractivity contribution in [1.29, 1.82) is 0 Å². The van der Waals surface area contributed by atoms with Crippen LogP contribution in [0.5, 0.6) is 5.75 Å². The minimum Gasteiger partial charge on any atom is -0.471 e. The topological polar surface area (TPSA) is 21.3 Å². The monoisotopic (exact) mass is 379 g/mol. The van der Waals surface area contributed by atoms with E-state index in [1.807, 2.05) is 0 Å². The summed E-state index contributed by atoms with van der Waals surface area (Å²) < 4.78 is 79.8. The Morgan fingerprint density at radius 1 is 1.10 bits per heavy atom. The van der Waals surface area contributed by atoms with Gasteiger partial charge in [0.05, 0.1) is 0 Å². The molecule has 1 N–H and O–H groups in total. The molecule has 0 fully saturated rings. The van der Waals surface area contributed by atoms with E-state index in [1.54, 1.807) is 6.92 Å². The van der Waals surface area contributed by atoms with Crippen LogP contribution in [0.25, 0.3) is 0 Å². The van der Waals surface area contributed by atoms with Crippen LogP contribution in [-0.4, -0.2) is 25.5 Å². The first-order chi connectivity index (χ1) is 9.46. The Labute approximate surface area is 125 Å². The normalized spacial score (nSPS) is 14.4. The lowest BCUT2D eigenvalue weighted by Crippen LogP contribution is -2.46. The predicted molar refractivity (Wildman–Crippen MR) is 68.1 cm³/mol. The Balaban J connectivity index is 3.23. The van der Waals surface area contributed by atoms with Crippen molar-refractivity contribution in [3.05, 3.63) is 28.2 Å². The molecule has 0 aliphatic rings. The van der Waals surface area contributed by atoms with Crippen LogP contribution < -0.4 is 10.1 Å². The molecular weight excluding hydrogens is 368 g/mol. The molecule has 0 bridgehead atoms. The number of hydrogen-bond acceptors (Lipinski definition) is 2. The summed E-state index contributed by atoms with van der Waals surface area (Å²) in [4.78, 5) is 0. The zero-order chi connectivity index (χ0) is 16.4. The Hall–Kier alpha value is -0.960. The van der Waals surface area contributed by atoms with Crippen LogP contribution in [0.15, 0.2) is 22.7 Å². The molecule has 0 amide bonds. The molecule has 1 unspecified atom stereocenters. The standard InChI is InChI=1S/C12H12BrF6NO/c1-6(20-2)8-4-3-7(13)5-9(8)21-10(11(14,15)16)12(17,18)19/h3-6,10,20H,1-2H3. The highest BCUT2D eigenvalue weighted by molar-refractivity contribution is 9.10. The molecule has 2 nitrogen and oxygen atoms in total. The third kappa shape index (κ3) is 4.77. The van der Waals surface area contributed by atoms with E-state index in [0.29, 0.717) is 4.47 Å². The fourth-order valence-electron chi connectivity index (χ4n) is 1.57. The summed E-state index contributed by atoms with van der Waals surface area (Å²) in [5.74, 6) is -0.481. The van der Waals surface area contributed by atoms with E-state index in [4.69, 9.17) is 0 Å². The molecule has 0 saturated heterocycles. The maximum atomic E-state index is 12.5. The first-order valence-corrected chi connectivity index (χ1v) is 6.53. The Morgan fingerprint density at radius 3 is 2.05 bits per heavy atom. The van der Waals surface area contributed by atoms with Crippen LogP contribution in [0.3, 0.4) is 0 Å². The second-order valence-corrected chi connectivity index (χ2v) is 5.19. The summed E-state index contributed by atoms with van der Waals surface area (Å²) >= 11 is 3.00. The average Bonchev–Trinajstić information content (AvgIpc) is 2.32. The average molecular weight is 380 g/mol. The molecule has 0 spiro atoms. The Bertz CT molecular complexity index is 474. The molecule has 0 aliphatic carbocycles. The zero-order valence-corrected chi connectivity index (χ0v) is 12.5. The predicted octanol–water partition coefficient (Wildman–Crippen LogP) is 4.60. The van der Waals surface area contributed by atoms with Crippen molar-refractivity contribution >= 4 is 15.9 Å². The molecule has 0 saturated carbocycles. The summed E-state index contributed by atoms with van der Waals surface area (Å²) in [5, 5.41) is 2.73. The van der Waals surface area contributed by atoms with E-state index in [0.717, 1.165) is 6.07 Å². The quantitative estimate of drug-likeness (QED) is 0.771. The summed E-state index contributed by atoms with van der Waals surface area (Å²) in [6.07, 6.45) is -15.0. The summed E-state index contributed by atoms with van der Waals surface area (Å²) in [7, 11) is 1.53. The van der Waals surface area contributed by atoms with Crippen molar-refractivity contribution < 1.29 is 31.1 Å². The first-order valence-electron chi connectivity index (χ1n) is 5.73. The molecule has 1 rings (SSSR count). The third-order valence-corrected chi connectivity index (χ3v) is 3.21. The van der Waals surface area contributed by atoms with Crippen molar-refractivity contribution in [2.75, 3.05) is 7.05 Å². The molecule has 1 atom stereocenters. The van der Waals surface area contributed by atoms with Crippen LogP contribution in [0.2, 0.25) is 0 Å². The van der Waals surface area contributed by atoms with Gasteiger partial charge in [-0.3, -0.25) is 0 Å². The minimum atomic E-state index is -5.55. The van der Waals surface area contributed by atoms with Gasteiger partial charge in [-0.1, -0.05) is 22.0 Å². The van der Waals surface area contributed by atoms with Gasteiger partial charge in [0.25, 0.3) is 6.10 Å². The van der Waals surface area contributed by atoms with E-state index in [2.05, 4.69) is 26.0 Å². The van der Waals surface area contributed by atoms with Crippen molar-refractivity contribution in [2.45, 2.75) is 31.4 Å². The largest absolute Gasteiger partial charge is 0.471 e. The van der Waals surface area contributed by atoms with Gasteiger partial charge in [0.1, 0.15) is 5.75 Å². The fraction of sp³-hybridized carbons (Fsp3) is 0.500. The zero-order valence-electron chi connectivity index (χ0n) is 10.9. The molecule has 0 heterocycles. The molecule has 0 aliphatic heterocycles. The van der Waals surface area contributed by atoms with Crippen LogP contribution in [0.1, 0.15) is 18.5 Å². The van der Waals surface area contributed by atoms with E-state index in [9.17, 15) is 26.3 Å². The highest BCUT2D eigenvalue weighted by atomic mass is 79.9. The van der Waals surface area contributed by atoms with Crippen molar-refractivity contribution in [2.24, 2.45) is 0 Å². The van der Waals surface area contributed by atoms with Crippen LogP contribution >= 0.6 is 15.9 Å². The van der Waals surface area contributed by atoms with Crippen LogP contribution in [0, 0.1) is 0 Å². The smallest absolute Gasteiger partial charge is 0.434 e. The lowest BCUT2D eigenvalue weighted by Gasteiger charge is -2.26. The van der Waals surface area contributed by atoms with Gasteiger partial charge < -0.3 is 10.1 Å².